The van der Waals surface area contributed by atoms with Gasteiger partial charge in [-0.25, -0.2) is 0 Å². The van der Waals surface area contributed by atoms with E-state index in [2.05, 4.69) is 0 Å². The molecule has 1 aromatic rings. The summed E-state index contributed by atoms with van der Waals surface area (Å²) in [4.78, 5) is 11.2. The van der Waals surface area contributed by atoms with Gasteiger partial charge in [-0.3, -0.25) is 4.79 Å². The average Bonchev–Trinajstić information content (AvgIpc) is 2.26. The van der Waals surface area contributed by atoms with Crippen molar-refractivity contribution >= 4 is 23.1 Å². The van der Waals surface area contributed by atoms with Crippen LogP contribution in [0.5, 0.6) is 5.75 Å². The van der Waals surface area contributed by atoms with Crippen molar-refractivity contribution in [3.63, 3.8) is 0 Å². The summed E-state index contributed by atoms with van der Waals surface area (Å²) in [6.45, 7) is 2.31. The second-order valence-corrected chi connectivity index (χ2v) is 3.97. The molecule has 5 heteroatoms. The number of hydrogen-bond donors (Lipinski definition) is 2. The first-order chi connectivity index (χ1) is 7.50. The van der Waals surface area contributed by atoms with Crippen LogP contribution in [-0.4, -0.2) is 17.5 Å². The molecule has 86 valence electrons. The van der Waals surface area contributed by atoms with Gasteiger partial charge >= 0.3 is 0 Å². The van der Waals surface area contributed by atoms with Crippen molar-refractivity contribution in [1.29, 1.82) is 0 Å². The molecule has 1 rings (SSSR count). The molecule has 0 fully saturated rings. The number of amides is 1. The van der Waals surface area contributed by atoms with Gasteiger partial charge in [0.05, 0.1) is 11.6 Å². The third kappa shape index (κ3) is 3.51. The Morgan fingerprint density at radius 2 is 1.94 bits per heavy atom. The molecule has 0 saturated heterocycles. The molecule has 0 aromatic heterocycles. The number of thiocarbonyl (C=S) groups is 1. The normalized spacial score (nSPS) is 11.8. The third-order valence-electron chi connectivity index (χ3n) is 2.12. The molecule has 16 heavy (non-hydrogen) atoms. The molecule has 0 saturated carbocycles. The Balaban J connectivity index is 2.56. The monoisotopic (exact) mass is 238 g/mol. The fraction of sp³-hybridized carbons (Fsp3) is 0.273. The van der Waals surface area contributed by atoms with E-state index in [1.165, 1.54) is 0 Å². The second-order valence-electron chi connectivity index (χ2n) is 3.50. The number of carbonyl (C=O) groups excluding carboxylic acids is 1. The number of primary amides is 1. The fourth-order valence-electron chi connectivity index (χ4n) is 1.02. The van der Waals surface area contributed by atoms with Gasteiger partial charge in [-0.15, -0.1) is 0 Å². The second kappa shape index (κ2) is 5.46. The van der Waals surface area contributed by atoms with Crippen molar-refractivity contribution in [1.82, 2.24) is 0 Å². The van der Waals surface area contributed by atoms with Crippen molar-refractivity contribution in [2.75, 3.05) is 6.61 Å². The van der Waals surface area contributed by atoms with E-state index in [9.17, 15) is 4.79 Å². The summed E-state index contributed by atoms with van der Waals surface area (Å²) in [5.41, 5.74) is 11.0. The largest absolute Gasteiger partial charge is 0.493 e. The summed E-state index contributed by atoms with van der Waals surface area (Å²) in [6.07, 6.45) is 0. The van der Waals surface area contributed by atoms with Crippen LogP contribution in [0.15, 0.2) is 24.3 Å². The van der Waals surface area contributed by atoms with E-state index >= 15 is 0 Å². The number of hydrogen-bond acceptors (Lipinski definition) is 3. The number of benzene rings is 1. The molecule has 1 amide bonds. The van der Waals surface area contributed by atoms with Crippen LogP contribution in [0.3, 0.4) is 0 Å². The van der Waals surface area contributed by atoms with Gasteiger partial charge in [-0.05, 0) is 24.3 Å². The van der Waals surface area contributed by atoms with Crippen molar-refractivity contribution in [2.24, 2.45) is 17.4 Å². The fourth-order valence-corrected chi connectivity index (χ4v) is 1.09. The molecule has 1 unspecified atom stereocenters. The lowest BCUT2D eigenvalue weighted by atomic mass is 10.2. The van der Waals surface area contributed by atoms with E-state index in [0.717, 1.165) is 0 Å². The van der Waals surface area contributed by atoms with Crippen molar-refractivity contribution < 1.29 is 9.53 Å². The van der Waals surface area contributed by atoms with Crippen molar-refractivity contribution in [2.45, 2.75) is 6.92 Å². The molecule has 0 aliphatic carbocycles. The maximum Gasteiger partial charge on any atom is 0.248 e. The summed E-state index contributed by atoms with van der Waals surface area (Å²) in [6, 6.07) is 6.60. The minimum Gasteiger partial charge on any atom is -0.493 e. The predicted molar refractivity (Wildman–Crippen MR) is 66.4 cm³/mol. The first kappa shape index (κ1) is 12.4. The van der Waals surface area contributed by atoms with Crippen LogP contribution in [0.1, 0.15) is 17.3 Å². The predicted octanol–water partition coefficient (Wildman–Crippen LogP) is 1.09. The summed E-state index contributed by atoms with van der Waals surface area (Å²) in [5.74, 6) is 0.224. The van der Waals surface area contributed by atoms with E-state index in [1.54, 1.807) is 24.3 Å². The SMILES string of the molecule is CC(COc1ccc(C(N)=O)cc1)C(N)=S. The Morgan fingerprint density at radius 1 is 1.38 bits per heavy atom. The molecular weight excluding hydrogens is 224 g/mol. The Hall–Kier alpha value is -1.62. The van der Waals surface area contributed by atoms with Gasteiger partial charge in [0.15, 0.2) is 0 Å². The zero-order valence-electron chi connectivity index (χ0n) is 8.97. The Morgan fingerprint density at radius 3 is 2.38 bits per heavy atom. The molecule has 0 spiro atoms. The molecule has 0 aliphatic rings. The molecule has 0 aliphatic heterocycles. The van der Waals surface area contributed by atoms with E-state index in [0.29, 0.717) is 22.9 Å². The highest BCUT2D eigenvalue weighted by atomic mass is 32.1. The highest BCUT2D eigenvalue weighted by Gasteiger charge is 2.06. The van der Waals surface area contributed by atoms with Crippen LogP contribution in [0, 0.1) is 5.92 Å². The van der Waals surface area contributed by atoms with Crippen molar-refractivity contribution in [3.8, 4) is 5.75 Å². The lowest BCUT2D eigenvalue weighted by molar-refractivity contribution is 0.100. The Bertz CT molecular complexity index is 389. The molecule has 1 atom stereocenters. The van der Waals surface area contributed by atoms with Crippen LogP contribution in [0.2, 0.25) is 0 Å². The molecule has 0 radical (unpaired) electrons. The molecule has 1 aromatic carbocycles. The number of nitrogens with two attached hydrogens (primary N) is 2. The van der Waals surface area contributed by atoms with Crippen LogP contribution in [0.4, 0.5) is 0 Å². The molecule has 0 bridgehead atoms. The van der Waals surface area contributed by atoms with Gasteiger partial charge in [0.2, 0.25) is 5.91 Å². The highest BCUT2D eigenvalue weighted by Crippen LogP contribution is 2.13. The first-order valence-electron chi connectivity index (χ1n) is 4.82. The summed E-state index contributed by atoms with van der Waals surface area (Å²) in [7, 11) is 0. The van der Waals surface area contributed by atoms with Gasteiger partial charge in [0, 0.05) is 11.5 Å². The molecule has 4 nitrogen and oxygen atoms in total. The lowest BCUT2D eigenvalue weighted by Crippen LogP contribution is -2.24. The topological polar surface area (TPSA) is 78.3 Å². The minimum atomic E-state index is -0.456. The first-order valence-corrected chi connectivity index (χ1v) is 5.23. The standard InChI is InChI=1S/C11H14N2O2S/c1-7(11(13)16)6-15-9-4-2-8(3-5-9)10(12)14/h2-5,7H,6H2,1H3,(H2,12,14)(H2,13,16). The average molecular weight is 238 g/mol. The van der Waals surface area contributed by atoms with Gasteiger partial charge < -0.3 is 16.2 Å². The highest BCUT2D eigenvalue weighted by molar-refractivity contribution is 7.80. The minimum absolute atomic E-state index is 0.0193. The van der Waals surface area contributed by atoms with E-state index in [1.807, 2.05) is 6.92 Å². The van der Waals surface area contributed by atoms with Crippen LogP contribution < -0.4 is 16.2 Å². The van der Waals surface area contributed by atoms with E-state index < -0.39 is 5.91 Å². The third-order valence-corrected chi connectivity index (χ3v) is 2.53. The number of ether oxygens (including phenoxy) is 1. The van der Waals surface area contributed by atoms with E-state index in [4.69, 9.17) is 28.4 Å². The van der Waals surface area contributed by atoms with Crippen molar-refractivity contribution in [3.05, 3.63) is 29.8 Å². The Kier molecular flexibility index (Phi) is 4.25. The van der Waals surface area contributed by atoms with Crippen LogP contribution in [-0.2, 0) is 0 Å². The van der Waals surface area contributed by atoms with E-state index in [-0.39, 0.29) is 5.92 Å². The van der Waals surface area contributed by atoms with Crippen LogP contribution >= 0.6 is 12.2 Å². The summed E-state index contributed by atoms with van der Waals surface area (Å²) in [5, 5.41) is 0. The smallest absolute Gasteiger partial charge is 0.248 e. The van der Waals surface area contributed by atoms with Gasteiger partial charge in [0.1, 0.15) is 5.75 Å². The number of rotatable bonds is 5. The van der Waals surface area contributed by atoms with Gasteiger partial charge in [-0.1, -0.05) is 19.1 Å². The zero-order chi connectivity index (χ0) is 12.1. The van der Waals surface area contributed by atoms with Crippen LogP contribution in [0.25, 0.3) is 0 Å². The Labute approximate surface area is 99.6 Å². The molecule has 0 heterocycles. The number of carbonyl (C=O) groups is 1. The maximum atomic E-state index is 10.8. The zero-order valence-corrected chi connectivity index (χ0v) is 9.79. The lowest BCUT2D eigenvalue weighted by Gasteiger charge is -2.11. The van der Waals surface area contributed by atoms with Gasteiger partial charge in [-0.2, -0.15) is 0 Å². The maximum absolute atomic E-state index is 10.8. The molecule has 4 N–H and O–H groups in total. The summed E-state index contributed by atoms with van der Waals surface area (Å²) >= 11 is 4.83. The summed E-state index contributed by atoms with van der Waals surface area (Å²) < 4.78 is 5.44. The van der Waals surface area contributed by atoms with Gasteiger partial charge in [0.25, 0.3) is 0 Å². The quantitative estimate of drug-likeness (QED) is 0.753. The molecular formula is C11H14N2O2S.